The van der Waals surface area contributed by atoms with E-state index >= 15 is 0 Å². The molecule has 134 valence electrons. The van der Waals surface area contributed by atoms with Gasteiger partial charge in [0.1, 0.15) is 0 Å². The van der Waals surface area contributed by atoms with Gasteiger partial charge in [0.05, 0.1) is 6.04 Å². The fraction of sp³-hybridized carbons (Fsp3) is 0.0909. The van der Waals surface area contributed by atoms with E-state index in [1.807, 2.05) is 66.7 Å². The fourth-order valence-electron chi connectivity index (χ4n) is 3.41. The second-order valence-corrected chi connectivity index (χ2v) is 7.29. The maximum absolute atomic E-state index is 12.9. The Morgan fingerprint density at radius 3 is 2.30 bits per heavy atom. The third-order valence-corrected chi connectivity index (χ3v) is 5.21. The SMILES string of the molecule is O=C1C(O)=C(c2ccccc2)[C@@H](c2ccc(Br)cc2)N1Cc1ccncc1. The summed E-state index contributed by atoms with van der Waals surface area (Å²) in [4.78, 5) is 18.7. The number of benzene rings is 2. The van der Waals surface area contributed by atoms with Crippen molar-refractivity contribution in [3.63, 3.8) is 0 Å². The van der Waals surface area contributed by atoms with Crippen LogP contribution in [0.25, 0.3) is 5.57 Å². The van der Waals surface area contributed by atoms with Crippen LogP contribution in [0.15, 0.2) is 89.4 Å². The molecule has 2 heterocycles. The number of halogens is 1. The molecular weight excluding hydrogens is 404 g/mol. The summed E-state index contributed by atoms with van der Waals surface area (Å²) in [5.74, 6) is -0.554. The molecule has 2 aromatic carbocycles. The second kappa shape index (κ2) is 7.37. The minimum atomic E-state index is -0.362. The maximum atomic E-state index is 12.9. The zero-order valence-corrected chi connectivity index (χ0v) is 16.0. The van der Waals surface area contributed by atoms with E-state index in [-0.39, 0.29) is 17.7 Å². The van der Waals surface area contributed by atoms with Crippen LogP contribution in [0.5, 0.6) is 0 Å². The van der Waals surface area contributed by atoms with Crippen LogP contribution in [-0.4, -0.2) is 20.9 Å². The van der Waals surface area contributed by atoms with E-state index in [1.54, 1.807) is 17.3 Å². The predicted molar refractivity (Wildman–Crippen MR) is 108 cm³/mol. The number of nitrogens with zero attached hydrogens (tertiary/aromatic N) is 2. The molecule has 0 bridgehead atoms. The van der Waals surface area contributed by atoms with E-state index in [9.17, 15) is 9.90 Å². The van der Waals surface area contributed by atoms with E-state index in [0.29, 0.717) is 12.1 Å². The van der Waals surface area contributed by atoms with Crippen LogP contribution in [0.4, 0.5) is 0 Å². The van der Waals surface area contributed by atoms with Gasteiger partial charge in [-0.3, -0.25) is 9.78 Å². The van der Waals surface area contributed by atoms with Crippen molar-refractivity contribution in [3.05, 3.63) is 106 Å². The summed E-state index contributed by atoms with van der Waals surface area (Å²) < 4.78 is 0.964. The van der Waals surface area contributed by atoms with Crippen LogP contribution in [0, 0.1) is 0 Å². The van der Waals surface area contributed by atoms with Crippen LogP contribution in [0.1, 0.15) is 22.7 Å². The number of pyridine rings is 1. The molecular formula is C22H17BrN2O2. The van der Waals surface area contributed by atoms with Crippen LogP contribution >= 0.6 is 15.9 Å². The van der Waals surface area contributed by atoms with Gasteiger partial charge in [0.2, 0.25) is 0 Å². The Balaban J connectivity index is 1.81. The van der Waals surface area contributed by atoms with Gasteiger partial charge in [-0.2, -0.15) is 0 Å². The number of carbonyl (C=O) groups is 1. The maximum Gasteiger partial charge on any atom is 0.290 e. The zero-order valence-electron chi connectivity index (χ0n) is 14.4. The summed E-state index contributed by atoms with van der Waals surface area (Å²) in [6, 6.07) is 20.8. The minimum Gasteiger partial charge on any atom is -0.503 e. The van der Waals surface area contributed by atoms with Crippen LogP contribution in [0.2, 0.25) is 0 Å². The van der Waals surface area contributed by atoms with Crippen molar-refractivity contribution in [1.29, 1.82) is 0 Å². The molecule has 1 aliphatic rings. The monoisotopic (exact) mass is 420 g/mol. The minimum absolute atomic E-state index is 0.192. The molecule has 0 radical (unpaired) electrons. The third kappa shape index (κ3) is 3.38. The van der Waals surface area contributed by atoms with Gasteiger partial charge < -0.3 is 10.0 Å². The summed E-state index contributed by atoms with van der Waals surface area (Å²) in [5, 5.41) is 10.7. The number of carbonyl (C=O) groups excluding carboxylic acids is 1. The molecule has 27 heavy (non-hydrogen) atoms. The lowest BCUT2D eigenvalue weighted by atomic mass is 9.93. The summed E-state index contributed by atoms with van der Waals surface area (Å²) >= 11 is 3.46. The van der Waals surface area contributed by atoms with Gasteiger partial charge in [-0.05, 0) is 41.0 Å². The number of hydrogen-bond donors (Lipinski definition) is 1. The molecule has 1 amide bonds. The Kier molecular flexibility index (Phi) is 4.77. The highest BCUT2D eigenvalue weighted by atomic mass is 79.9. The van der Waals surface area contributed by atoms with Gasteiger partial charge in [-0.15, -0.1) is 0 Å². The van der Waals surface area contributed by atoms with Gasteiger partial charge in [0.25, 0.3) is 5.91 Å². The topological polar surface area (TPSA) is 53.4 Å². The van der Waals surface area contributed by atoms with Gasteiger partial charge in [-0.25, -0.2) is 0 Å². The van der Waals surface area contributed by atoms with E-state index in [4.69, 9.17) is 0 Å². The Morgan fingerprint density at radius 1 is 0.963 bits per heavy atom. The number of rotatable bonds is 4. The lowest BCUT2D eigenvalue weighted by Crippen LogP contribution is -2.29. The number of aromatic nitrogens is 1. The first-order valence-electron chi connectivity index (χ1n) is 8.59. The quantitative estimate of drug-likeness (QED) is 0.652. The number of amides is 1. The molecule has 0 unspecified atom stereocenters. The lowest BCUT2D eigenvalue weighted by molar-refractivity contribution is -0.130. The standard InChI is InChI=1S/C22H17BrN2O2/c23-18-8-6-17(7-9-18)20-19(16-4-2-1-3-5-16)21(26)22(27)25(20)14-15-10-12-24-13-11-15/h1-13,20,26H,14H2/t20-/m1/s1. The van der Waals surface area contributed by atoms with Crippen LogP contribution < -0.4 is 0 Å². The van der Waals surface area contributed by atoms with Crippen molar-refractivity contribution in [1.82, 2.24) is 9.88 Å². The average Bonchev–Trinajstić information content (AvgIpc) is 2.95. The van der Waals surface area contributed by atoms with Crippen molar-refractivity contribution >= 4 is 27.4 Å². The summed E-state index contributed by atoms with van der Waals surface area (Å²) in [5.41, 5.74) is 3.39. The van der Waals surface area contributed by atoms with Crippen molar-refractivity contribution in [2.45, 2.75) is 12.6 Å². The molecule has 4 rings (SSSR count). The summed E-state index contributed by atoms with van der Waals surface area (Å²) in [6.45, 7) is 0.391. The first kappa shape index (κ1) is 17.5. The lowest BCUT2D eigenvalue weighted by Gasteiger charge is -2.27. The molecule has 0 fully saturated rings. The molecule has 4 nitrogen and oxygen atoms in total. The van der Waals surface area contributed by atoms with Crippen LogP contribution in [0.3, 0.4) is 0 Å². The highest BCUT2D eigenvalue weighted by molar-refractivity contribution is 9.10. The Morgan fingerprint density at radius 2 is 1.63 bits per heavy atom. The summed E-state index contributed by atoms with van der Waals surface area (Å²) in [7, 11) is 0. The molecule has 3 aromatic rings. The van der Waals surface area contributed by atoms with Gasteiger partial charge in [-0.1, -0.05) is 58.4 Å². The van der Waals surface area contributed by atoms with Gasteiger partial charge in [0.15, 0.2) is 5.76 Å². The molecule has 0 saturated carbocycles. The summed E-state index contributed by atoms with van der Waals surface area (Å²) in [6.07, 6.45) is 3.41. The Hall–Kier alpha value is -2.92. The molecule has 0 spiro atoms. The van der Waals surface area contributed by atoms with Crippen molar-refractivity contribution in [3.8, 4) is 0 Å². The van der Waals surface area contributed by atoms with Crippen molar-refractivity contribution in [2.24, 2.45) is 0 Å². The Bertz CT molecular complexity index is 986. The number of aliphatic hydroxyl groups is 1. The van der Waals surface area contributed by atoms with Crippen LogP contribution in [-0.2, 0) is 11.3 Å². The smallest absolute Gasteiger partial charge is 0.290 e. The number of aliphatic hydroxyl groups excluding tert-OH is 1. The van der Waals surface area contributed by atoms with Gasteiger partial charge >= 0.3 is 0 Å². The van der Waals surface area contributed by atoms with E-state index < -0.39 is 0 Å². The highest BCUT2D eigenvalue weighted by Gasteiger charge is 2.40. The first-order valence-corrected chi connectivity index (χ1v) is 9.38. The average molecular weight is 421 g/mol. The molecule has 1 aromatic heterocycles. The van der Waals surface area contributed by atoms with E-state index in [1.165, 1.54) is 0 Å². The van der Waals surface area contributed by atoms with E-state index in [2.05, 4.69) is 20.9 Å². The van der Waals surface area contributed by atoms with Crippen molar-refractivity contribution < 1.29 is 9.90 Å². The predicted octanol–water partition coefficient (Wildman–Crippen LogP) is 4.90. The molecule has 0 aliphatic carbocycles. The number of hydrogen-bond acceptors (Lipinski definition) is 3. The molecule has 1 atom stereocenters. The van der Waals surface area contributed by atoms with Gasteiger partial charge in [0, 0.05) is 29.0 Å². The zero-order chi connectivity index (χ0) is 18.8. The third-order valence-electron chi connectivity index (χ3n) is 4.68. The normalized spacial score (nSPS) is 16.9. The fourth-order valence-corrected chi connectivity index (χ4v) is 3.67. The Labute approximate surface area is 165 Å². The largest absolute Gasteiger partial charge is 0.503 e. The molecule has 1 N–H and O–H groups in total. The highest BCUT2D eigenvalue weighted by Crippen LogP contribution is 2.43. The molecule has 0 saturated heterocycles. The van der Waals surface area contributed by atoms with Crippen molar-refractivity contribution in [2.75, 3.05) is 0 Å². The first-order chi connectivity index (χ1) is 13.1. The molecule has 5 heteroatoms. The molecule has 1 aliphatic heterocycles. The second-order valence-electron chi connectivity index (χ2n) is 6.37. The van der Waals surface area contributed by atoms with E-state index in [0.717, 1.165) is 21.2 Å².